The Labute approximate surface area is 141 Å². The largest absolute Gasteiger partial charge is 0.461 e. The molecule has 0 aliphatic heterocycles. The molecule has 1 aliphatic carbocycles. The summed E-state index contributed by atoms with van der Waals surface area (Å²) in [5, 5.41) is 4.29. The van der Waals surface area contributed by atoms with Gasteiger partial charge in [0, 0.05) is 11.9 Å². The van der Waals surface area contributed by atoms with Gasteiger partial charge in [-0.15, -0.1) is 0 Å². The van der Waals surface area contributed by atoms with Crippen LogP contribution >= 0.6 is 15.9 Å². The van der Waals surface area contributed by atoms with Crippen molar-refractivity contribution in [3.8, 4) is 0 Å². The van der Waals surface area contributed by atoms with E-state index in [1.165, 1.54) is 24.0 Å². The first-order valence-electron chi connectivity index (χ1n) is 8.11. The maximum atomic E-state index is 12.3. The summed E-state index contributed by atoms with van der Waals surface area (Å²) in [6.07, 6.45) is 5.50. The van der Waals surface area contributed by atoms with E-state index in [0.717, 1.165) is 24.6 Å². The standard InChI is InChI=1S/C18H26BrNO2/c1-18(2,17(21)22-16-8-3-4-9-16)20-13-15-7-5-6-14(12-15)10-11-19/h5-7,12,16,20H,3-4,8-11,13H2,1-2H3. The number of esters is 1. The third-order valence-corrected chi connectivity index (χ3v) is 4.59. The monoisotopic (exact) mass is 367 g/mol. The SMILES string of the molecule is CC(C)(NCc1cccc(CCBr)c1)C(=O)OC1CCCC1. The predicted molar refractivity (Wildman–Crippen MR) is 93.2 cm³/mol. The van der Waals surface area contributed by atoms with Crippen LogP contribution in [0, 0.1) is 0 Å². The second-order valence-electron chi connectivity index (χ2n) is 6.55. The third kappa shape index (κ3) is 5.10. The van der Waals surface area contributed by atoms with Crippen molar-refractivity contribution < 1.29 is 9.53 Å². The zero-order chi connectivity index (χ0) is 16.0. The summed E-state index contributed by atoms with van der Waals surface area (Å²) in [5.74, 6) is -0.143. The number of halogens is 1. The Balaban J connectivity index is 1.87. The summed E-state index contributed by atoms with van der Waals surface area (Å²) in [5.41, 5.74) is 1.84. The van der Waals surface area contributed by atoms with Crippen LogP contribution in [0.15, 0.2) is 24.3 Å². The Morgan fingerprint density at radius 3 is 2.68 bits per heavy atom. The van der Waals surface area contributed by atoms with Crippen LogP contribution in [0.2, 0.25) is 0 Å². The van der Waals surface area contributed by atoms with Gasteiger partial charge in [-0.05, 0) is 57.1 Å². The minimum Gasteiger partial charge on any atom is -0.461 e. The lowest BCUT2D eigenvalue weighted by Gasteiger charge is -2.26. The van der Waals surface area contributed by atoms with Crippen LogP contribution in [0.5, 0.6) is 0 Å². The molecule has 4 heteroatoms. The number of aryl methyl sites for hydroxylation is 1. The maximum absolute atomic E-state index is 12.3. The molecule has 2 rings (SSSR count). The zero-order valence-corrected chi connectivity index (χ0v) is 15.1. The average molecular weight is 368 g/mol. The zero-order valence-electron chi connectivity index (χ0n) is 13.5. The highest BCUT2D eigenvalue weighted by Crippen LogP contribution is 2.22. The Morgan fingerprint density at radius 1 is 1.32 bits per heavy atom. The lowest BCUT2D eigenvalue weighted by molar-refractivity contribution is -0.155. The number of hydrogen-bond donors (Lipinski definition) is 1. The molecule has 1 fully saturated rings. The van der Waals surface area contributed by atoms with Crippen molar-refractivity contribution in [2.24, 2.45) is 0 Å². The van der Waals surface area contributed by atoms with Gasteiger partial charge in [-0.1, -0.05) is 40.2 Å². The van der Waals surface area contributed by atoms with Gasteiger partial charge in [0.05, 0.1) is 0 Å². The minimum absolute atomic E-state index is 0.121. The highest BCUT2D eigenvalue weighted by Gasteiger charge is 2.31. The highest BCUT2D eigenvalue weighted by atomic mass is 79.9. The van der Waals surface area contributed by atoms with E-state index in [1.807, 2.05) is 13.8 Å². The van der Waals surface area contributed by atoms with Gasteiger partial charge in [0.15, 0.2) is 0 Å². The Bertz CT molecular complexity index is 496. The predicted octanol–water partition coefficient (Wildman–Crippen LogP) is 3.98. The summed E-state index contributed by atoms with van der Waals surface area (Å²) in [7, 11) is 0. The van der Waals surface area contributed by atoms with E-state index >= 15 is 0 Å². The molecule has 0 unspecified atom stereocenters. The first kappa shape index (κ1) is 17.5. The lowest BCUT2D eigenvalue weighted by atomic mass is 10.0. The molecule has 0 bridgehead atoms. The molecule has 122 valence electrons. The van der Waals surface area contributed by atoms with Crippen molar-refractivity contribution in [1.29, 1.82) is 0 Å². The van der Waals surface area contributed by atoms with Crippen molar-refractivity contribution in [2.75, 3.05) is 5.33 Å². The Hall–Kier alpha value is -0.870. The summed E-state index contributed by atoms with van der Waals surface area (Å²) >= 11 is 3.47. The van der Waals surface area contributed by atoms with Gasteiger partial charge < -0.3 is 4.74 Å². The average Bonchev–Trinajstić information content (AvgIpc) is 2.99. The molecule has 1 aromatic rings. The van der Waals surface area contributed by atoms with Crippen molar-refractivity contribution in [2.45, 2.75) is 64.1 Å². The summed E-state index contributed by atoms with van der Waals surface area (Å²) in [6, 6.07) is 8.47. The van der Waals surface area contributed by atoms with E-state index in [9.17, 15) is 4.79 Å². The molecule has 0 heterocycles. The lowest BCUT2D eigenvalue weighted by Crippen LogP contribution is -2.48. The summed E-state index contributed by atoms with van der Waals surface area (Å²) in [4.78, 5) is 12.3. The van der Waals surface area contributed by atoms with Gasteiger partial charge in [-0.3, -0.25) is 10.1 Å². The fourth-order valence-corrected chi connectivity index (χ4v) is 3.16. The van der Waals surface area contributed by atoms with Crippen LogP contribution in [0.3, 0.4) is 0 Å². The minimum atomic E-state index is -0.659. The number of nitrogens with one attached hydrogen (secondary N) is 1. The Morgan fingerprint density at radius 2 is 2.00 bits per heavy atom. The van der Waals surface area contributed by atoms with Crippen LogP contribution in [-0.4, -0.2) is 22.9 Å². The first-order chi connectivity index (χ1) is 10.5. The van der Waals surface area contributed by atoms with Gasteiger partial charge in [-0.25, -0.2) is 0 Å². The van der Waals surface area contributed by atoms with Crippen LogP contribution in [0.25, 0.3) is 0 Å². The highest BCUT2D eigenvalue weighted by molar-refractivity contribution is 9.09. The number of ether oxygens (including phenoxy) is 1. The van der Waals surface area contributed by atoms with E-state index in [2.05, 4.69) is 45.5 Å². The van der Waals surface area contributed by atoms with Crippen molar-refractivity contribution in [1.82, 2.24) is 5.32 Å². The normalized spacial score (nSPS) is 16.0. The molecule has 3 nitrogen and oxygen atoms in total. The van der Waals surface area contributed by atoms with Gasteiger partial charge in [0.25, 0.3) is 0 Å². The van der Waals surface area contributed by atoms with Gasteiger partial charge in [-0.2, -0.15) is 0 Å². The molecule has 22 heavy (non-hydrogen) atoms. The molecule has 0 saturated heterocycles. The van der Waals surface area contributed by atoms with Gasteiger partial charge in [0.1, 0.15) is 11.6 Å². The molecular formula is C18H26BrNO2. The molecule has 1 saturated carbocycles. The van der Waals surface area contributed by atoms with E-state index in [4.69, 9.17) is 4.74 Å². The summed E-state index contributed by atoms with van der Waals surface area (Å²) < 4.78 is 5.62. The van der Waals surface area contributed by atoms with Crippen molar-refractivity contribution in [3.05, 3.63) is 35.4 Å². The fraction of sp³-hybridized carbons (Fsp3) is 0.611. The molecule has 0 amide bonds. The molecule has 0 radical (unpaired) electrons. The van der Waals surface area contributed by atoms with Gasteiger partial charge >= 0.3 is 5.97 Å². The van der Waals surface area contributed by atoms with E-state index in [1.54, 1.807) is 0 Å². The van der Waals surface area contributed by atoms with Crippen LogP contribution in [0.1, 0.15) is 50.7 Å². The van der Waals surface area contributed by atoms with Crippen molar-refractivity contribution in [3.63, 3.8) is 0 Å². The molecule has 0 atom stereocenters. The molecule has 1 aromatic carbocycles. The number of rotatable bonds is 7. The molecule has 0 aromatic heterocycles. The number of alkyl halides is 1. The number of benzene rings is 1. The quantitative estimate of drug-likeness (QED) is 0.585. The molecule has 0 spiro atoms. The number of carbonyl (C=O) groups is 1. The van der Waals surface area contributed by atoms with Gasteiger partial charge in [0.2, 0.25) is 0 Å². The first-order valence-corrected chi connectivity index (χ1v) is 9.23. The molecular weight excluding hydrogens is 342 g/mol. The number of hydrogen-bond acceptors (Lipinski definition) is 3. The molecule has 1 aliphatic rings. The second-order valence-corrected chi connectivity index (χ2v) is 7.34. The smallest absolute Gasteiger partial charge is 0.326 e. The van der Waals surface area contributed by atoms with Crippen LogP contribution < -0.4 is 5.32 Å². The van der Waals surface area contributed by atoms with E-state index in [-0.39, 0.29) is 12.1 Å². The second kappa shape index (κ2) is 8.11. The topological polar surface area (TPSA) is 38.3 Å². The maximum Gasteiger partial charge on any atom is 0.326 e. The van der Waals surface area contributed by atoms with Crippen LogP contribution in [0.4, 0.5) is 0 Å². The van der Waals surface area contributed by atoms with Crippen LogP contribution in [-0.2, 0) is 22.5 Å². The molecule has 1 N–H and O–H groups in total. The fourth-order valence-electron chi connectivity index (χ4n) is 2.70. The Kier molecular flexibility index (Phi) is 6.45. The van der Waals surface area contributed by atoms with E-state index < -0.39 is 5.54 Å². The number of carbonyl (C=O) groups excluding carboxylic acids is 1. The van der Waals surface area contributed by atoms with E-state index in [0.29, 0.717) is 6.54 Å². The third-order valence-electron chi connectivity index (χ3n) is 4.20. The summed E-state index contributed by atoms with van der Waals surface area (Å²) in [6.45, 7) is 4.46. The van der Waals surface area contributed by atoms with Crippen molar-refractivity contribution >= 4 is 21.9 Å².